The topological polar surface area (TPSA) is 138 Å². The molecule has 11 nitrogen and oxygen atoms in total. The highest BCUT2D eigenvalue weighted by Crippen LogP contribution is 2.50. The van der Waals surface area contributed by atoms with Crippen molar-refractivity contribution in [3.8, 4) is 0 Å². The summed E-state index contributed by atoms with van der Waals surface area (Å²) in [7, 11) is -3.39. The lowest BCUT2D eigenvalue weighted by molar-refractivity contribution is -0.176. The van der Waals surface area contributed by atoms with Gasteiger partial charge < -0.3 is 28.4 Å². The quantitative estimate of drug-likeness (QED) is 0.537. The van der Waals surface area contributed by atoms with Gasteiger partial charge in [-0.25, -0.2) is 4.79 Å². The molecule has 0 aromatic carbocycles. The van der Waals surface area contributed by atoms with Crippen LogP contribution in [0.3, 0.4) is 0 Å². The second kappa shape index (κ2) is 9.40. The fourth-order valence-corrected chi connectivity index (χ4v) is 5.35. The largest absolute Gasteiger partial charge is 0.394 e. The Morgan fingerprint density at radius 1 is 1.28 bits per heavy atom. The van der Waals surface area contributed by atoms with E-state index in [1.54, 1.807) is 13.8 Å². The SMILES string of the molecule is CCOP(=O)(C[C@H]1CO[C@H]2[C@@H](O1)[C@H](n1cc(Cl)c(=O)[nH]c1=O)O[C@@H]2CO)OCC. The molecule has 0 amide bonds. The third-order valence-electron chi connectivity index (χ3n) is 4.57. The van der Waals surface area contributed by atoms with Crippen molar-refractivity contribution in [2.75, 3.05) is 32.6 Å². The Labute approximate surface area is 171 Å². The number of hydrogen-bond acceptors (Lipinski definition) is 9. The average molecular weight is 455 g/mol. The minimum absolute atomic E-state index is 0.0459. The number of nitrogens with one attached hydrogen (secondary N) is 1. The van der Waals surface area contributed by atoms with Gasteiger partial charge in [0, 0.05) is 6.20 Å². The number of aromatic nitrogens is 2. The molecular formula is C16H24ClN2O9P. The molecule has 164 valence electrons. The summed E-state index contributed by atoms with van der Waals surface area (Å²) in [6.07, 6.45) is -2.81. The van der Waals surface area contributed by atoms with E-state index < -0.39 is 49.5 Å². The lowest BCUT2D eigenvalue weighted by Gasteiger charge is -2.35. The predicted molar refractivity (Wildman–Crippen MR) is 101 cm³/mol. The Bertz CT molecular complexity index is 865. The number of aliphatic hydroxyl groups excluding tert-OH is 1. The molecule has 2 N–H and O–H groups in total. The summed E-state index contributed by atoms with van der Waals surface area (Å²) >= 11 is 5.84. The number of fused-ring (bicyclic) bond motifs is 1. The fraction of sp³-hybridized carbons (Fsp3) is 0.750. The number of H-pyrrole nitrogens is 1. The molecule has 3 heterocycles. The van der Waals surface area contributed by atoms with E-state index in [1.807, 2.05) is 0 Å². The molecule has 13 heteroatoms. The van der Waals surface area contributed by atoms with E-state index >= 15 is 0 Å². The summed E-state index contributed by atoms with van der Waals surface area (Å²) in [5.41, 5.74) is -1.48. The zero-order chi connectivity index (χ0) is 21.2. The number of ether oxygens (including phenoxy) is 3. The minimum atomic E-state index is -3.39. The van der Waals surface area contributed by atoms with Gasteiger partial charge in [-0.2, -0.15) is 0 Å². The van der Waals surface area contributed by atoms with Crippen molar-refractivity contribution in [1.29, 1.82) is 0 Å². The Balaban J connectivity index is 1.85. The van der Waals surface area contributed by atoms with Gasteiger partial charge in [-0.05, 0) is 13.8 Å². The van der Waals surface area contributed by atoms with E-state index in [1.165, 1.54) is 0 Å². The van der Waals surface area contributed by atoms with Crippen LogP contribution in [0.1, 0.15) is 20.1 Å². The zero-order valence-corrected chi connectivity index (χ0v) is 17.6. The second-order valence-electron chi connectivity index (χ2n) is 6.54. The summed E-state index contributed by atoms with van der Waals surface area (Å²) in [5.74, 6) is 0. The van der Waals surface area contributed by atoms with Gasteiger partial charge >= 0.3 is 13.3 Å². The van der Waals surface area contributed by atoms with E-state index in [2.05, 4.69) is 4.98 Å². The number of hydrogen-bond donors (Lipinski definition) is 2. The predicted octanol–water partition coefficient (Wildman–Crippen LogP) is 0.498. The van der Waals surface area contributed by atoms with E-state index in [4.69, 9.17) is 34.9 Å². The Kier molecular flexibility index (Phi) is 7.34. The molecular weight excluding hydrogens is 431 g/mol. The monoisotopic (exact) mass is 454 g/mol. The maximum Gasteiger partial charge on any atom is 0.333 e. The fourth-order valence-electron chi connectivity index (χ4n) is 3.44. The van der Waals surface area contributed by atoms with Crippen LogP contribution in [0.4, 0.5) is 0 Å². The van der Waals surface area contributed by atoms with Crippen LogP contribution in [-0.2, 0) is 27.8 Å². The van der Waals surface area contributed by atoms with Crippen LogP contribution in [0, 0.1) is 0 Å². The molecule has 0 bridgehead atoms. The summed E-state index contributed by atoms with van der Waals surface area (Å²) in [5, 5.41) is 9.41. The molecule has 3 rings (SSSR count). The lowest BCUT2D eigenvalue weighted by atomic mass is 10.1. The van der Waals surface area contributed by atoms with Crippen LogP contribution in [0.15, 0.2) is 15.8 Å². The normalized spacial score (nSPS) is 29.7. The van der Waals surface area contributed by atoms with Crippen molar-refractivity contribution < 1.29 is 32.9 Å². The van der Waals surface area contributed by atoms with Gasteiger partial charge in [-0.3, -0.25) is 18.9 Å². The van der Waals surface area contributed by atoms with Gasteiger partial charge in [-0.15, -0.1) is 0 Å². The highest BCUT2D eigenvalue weighted by atomic mass is 35.5. The van der Waals surface area contributed by atoms with Crippen LogP contribution in [0.5, 0.6) is 0 Å². The molecule has 0 aliphatic carbocycles. The second-order valence-corrected chi connectivity index (χ2v) is 9.05. The van der Waals surface area contributed by atoms with Crippen molar-refractivity contribution >= 4 is 19.2 Å². The first-order valence-electron chi connectivity index (χ1n) is 9.24. The first kappa shape index (κ1) is 22.6. The molecule has 5 atom stereocenters. The third kappa shape index (κ3) is 4.83. The van der Waals surface area contributed by atoms with Gasteiger partial charge in [0.15, 0.2) is 6.23 Å². The van der Waals surface area contributed by atoms with Crippen LogP contribution in [0.25, 0.3) is 0 Å². The Morgan fingerprint density at radius 2 is 1.97 bits per heavy atom. The number of nitrogens with zero attached hydrogens (tertiary/aromatic N) is 1. The van der Waals surface area contributed by atoms with Gasteiger partial charge in [0.2, 0.25) is 0 Å². The van der Waals surface area contributed by atoms with Gasteiger partial charge in [0.1, 0.15) is 23.3 Å². The van der Waals surface area contributed by atoms with Gasteiger partial charge in [-0.1, -0.05) is 11.6 Å². The average Bonchev–Trinajstić information content (AvgIpc) is 3.02. The van der Waals surface area contributed by atoms with Gasteiger partial charge in [0.25, 0.3) is 5.56 Å². The summed E-state index contributed by atoms with van der Waals surface area (Å²) in [6, 6.07) is 0. The number of halogens is 1. The molecule has 1 aromatic heterocycles. The number of rotatable bonds is 8. The molecule has 0 saturated carbocycles. The van der Waals surface area contributed by atoms with E-state index in [0.717, 1.165) is 10.8 Å². The van der Waals surface area contributed by atoms with Crippen LogP contribution >= 0.6 is 19.2 Å². The molecule has 2 fully saturated rings. The highest BCUT2D eigenvalue weighted by Gasteiger charge is 2.51. The molecule has 0 unspecified atom stereocenters. The first-order chi connectivity index (χ1) is 13.8. The maximum absolute atomic E-state index is 12.8. The number of aliphatic hydroxyl groups is 1. The minimum Gasteiger partial charge on any atom is -0.394 e. The van der Waals surface area contributed by atoms with Crippen molar-refractivity contribution in [2.24, 2.45) is 0 Å². The van der Waals surface area contributed by atoms with E-state index in [9.17, 15) is 19.3 Å². The Morgan fingerprint density at radius 3 is 2.59 bits per heavy atom. The molecule has 2 aliphatic rings. The van der Waals surface area contributed by atoms with Crippen molar-refractivity contribution in [3.63, 3.8) is 0 Å². The summed E-state index contributed by atoms with van der Waals surface area (Å²) in [6.45, 7) is 3.55. The van der Waals surface area contributed by atoms with Crippen LogP contribution in [0.2, 0.25) is 5.02 Å². The van der Waals surface area contributed by atoms with Gasteiger partial charge in [0.05, 0.1) is 38.7 Å². The molecule has 29 heavy (non-hydrogen) atoms. The van der Waals surface area contributed by atoms with Crippen molar-refractivity contribution in [1.82, 2.24) is 9.55 Å². The zero-order valence-electron chi connectivity index (χ0n) is 16.0. The standard InChI is InChI=1S/C16H24ClN2O9P/c1-3-25-29(23,26-4-2)8-9-7-24-12-11(6-20)28-15(13(12)27-9)19-5-10(17)14(21)18-16(19)22/h5,9,11-13,15,20H,3-4,6-8H2,1-2H3,(H,18,21,22)/t9-,11-,12-,13-,15-/m1/s1. The highest BCUT2D eigenvalue weighted by molar-refractivity contribution is 7.53. The smallest absolute Gasteiger partial charge is 0.333 e. The van der Waals surface area contributed by atoms with Crippen molar-refractivity contribution in [3.05, 3.63) is 32.1 Å². The van der Waals surface area contributed by atoms with E-state index in [-0.39, 0.29) is 37.6 Å². The number of aromatic amines is 1. The summed E-state index contributed by atoms with van der Waals surface area (Å²) in [4.78, 5) is 25.9. The van der Waals surface area contributed by atoms with E-state index in [0.29, 0.717) is 0 Å². The lowest BCUT2D eigenvalue weighted by Crippen LogP contribution is -2.49. The summed E-state index contributed by atoms with van der Waals surface area (Å²) < 4.78 is 42.1. The van der Waals surface area contributed by atoms with Crippen LogP contribution in [-0.4, -0.2) is 71.7 Å². The molecule has 1 aromatic rings. The third-order valence-corrected chi connectivity index (χ3v) is 6.99. The maximum atomic E-state index is 12.8. The van der Waals surface area contributed by atoms with Crippen molar-refractivity contribution in [2.45, 2.75) is 44.5 Å². The molecule has 0 radical (unpaired) electrons. The molecule has 0 spiro atoms. The van der Waals surface area contributed by atoms with Crippen LogP contribution < -0.4 is 11.2 Å². The molecule has 2 saturated heterocycles. The first-order valence-corrected chi connectivity index (χ1v) is 11.3. The molecule has 2 aliphatic heterocycles. The Hall–Kier alpha value is -1.04.